The Morgan fingerprint density at radius 1 is 0.875 bits per heavy atom. The van der Waals surface area contributed by atoms with Crippen LogP contribution in [-0.2, 0) is 0 Å². The Balaban J connectivity index is 1.73. The first kappa shape index (κ1) is 14.6. The molecule has 0 saturated carbocycles. The third kappa shape index (κ3) is 2.68. The van der Waals surface area contributed by atoms with Gasteiger partial charge in [-0.05, 0) is 29.0 Å². The van der Waals surface area contributed by atoms with E-state index in [1.165, 1.54) is 10.8 Å². The van der Waals surface area contributed by atoms with E-state index in [-0.39, 0.29) is 0 Å². The van der Waals surface area contributed by atoms with Crippen molar-refractivity contribution < 1.29 is 4.79 Å². The lowest BCUT2D eigenvalue weighted by Gasteiger charge is -2.01. The normalized spacial score (nSPS) is 10.8. The standard InChI is InChI=1S/C20H14N2OS/c21-19(23)16-6-3-7-17(11-16)20-22-18(12-24-20)15-9-8-13-4-1-2-5-14(13)10-15/h1-12H,(H2,21,23). The number of primary amides is 1. The Hall–Kier alpha value is -2.98. The fourth-order valence-electron chi connectivity index (χ4n) is 2.69. The zero-order valence-corrected chi connectivity index (χ0v) is 13.6. The number of hydrogen-bond donors (Lipinski definition) is 1. The number of benzene rings is 3. The molecule has 3 nitrogen and oxygen atoms in total. The van der Waals surface area contributed by atoms with Crippen molar-refractivity contribution in [2.45, 2.75) is 0 Å². The number of hydrogen-bond acceptors (Lipinski definition) is 3. The molecule has 0 aliphatic heterocycles. The first-order valence-corrected chi connectivity index (χ1v) is 8.43. The number of rotatable bonds is 3. The van der Waals surface area contributed by atoms with E-state index in [1.807, 2.05) is 29.6 Å². The van der Waals surface area contributed by atoms with Crippen LogP contribution in [-0.4, -0.2) is 10.9 Å². The minimum absolute atomic E-state index is 0.428. The van der Waals surface area contributed by atoms with Crippen molar-refractivity contribution in [3.63, 3.8) is 0 Å². The van der Waals surface area contributed by atoms with Crippen LogP contribution in [0.3, 0.4) is 0 Å². The summed E-state index contributed by atoms with van der Waals surface area (Å²) in [5.74, 6) is -0.428. The van der Waals surface area contributed by atoms with E-state index in [0.717, 1.165) is 21.8 Å². The quantitative estimate of drug-likeness (QED) is 0.590. The highest BCUT2D eigenvalue weighted by molar-refractivity contribution is 7.13. The van der Waals surface area contributed by atoms with Gasteiger partial charge in [-0.1, -0.05) is 48.5 Å². The summed E-state index contributed by atoms with van der Waals surface area (Å²) in [5, 5.41) is 5.32. The summed E-state index contributed by atoms with van der Waals surface area (Å²) in [4.78, 5) is 16.1. The number of nitrogens with two attached hydrogens (primary N) is 1. The molecule has 0 spiro atoms. The predicted molar refractivity (Wildman–Crippen MR) is 99.0 cm³/mol. The maximum absolute atomic E-state index is 11.3. The molecule has 0 atom stereocenters. The van der Waals surface area contributed by atoms with Crippen LogP contribution in [0, 0.1) is 0 Å². The maximum atomic E-state index is 11.3. The van der Waals surface area contributed by atoms with Crippen LogP contribution in [0.5, 0.6) is 0 Å². The Labute approximate surface area is 143 Å². The number of carbonyl (C=O) groups excluding carboxylic acids is 1. The average molecular weight is 330 g/mol. The molecule has 4 rings (SSSR count). The number of aromatic nitrogens is 1. The zero-order valence-electron chi connectivity index (χ0n) is 12.8. The lowest BCUT2D eigenvalue weighted by atomic mass is 10.1. The van der Waals surface area contributed by atoms with E-state index in [0.29, 0.717) is 5.56 Å². The summed E-state index contributed by atoms with van der Waals surface area (Å²) in [5.41, 5.74) is 8.78. The first-order valence-electron chi connectivity index (χ1n) is 7.56. The van der Waals surface area contributed by atoms with Gasteiger partial charge in [-0.25, -0.2) is 4.98 Å². The molecule has 0 radical (unpaired) electrons. The van der Waals surface area contributed by atoms with Crippen molar-refractivity contribution in [3.05, 3.63) is 77.7 Å². The van der Waals surface area contributed by atoms with Gasteiger partial charge in [-0.2, -0.15) is 0 Å². The van der Waals surface area contributed by atoms with Crippen molar-refractivity contribution in [2.75, 3.05) is 0 Å². The van der Waals surface area contributed by atoms with E-state index in [4.69, 9.17) is 10.7 Å². The van der Waals surface area contributed by atoms with Crippen molar-refractivity contribution in [2.24, 2.45) is 5.73 Å². The van der Waals surface area contributed by atoms with Crippen molar-refractivity contribution in [1.82, 2.24) is 4.98 Å². The fraction of sp³-hybridized carbons (Fsp3) is 0. The number of amides is 1. The van der Waals surface area contributed by atoms with E-state index in [9.17, 15) is 4.79 Å². The maximum Gasteiger partial charge on any atom is 0.248 e. The highest BCUT2D eigenvalue weighted by Gasteiger charge is 2.09. The monoisotopic (exact) mass is 330 g/mol. The molecule has 1 amide bonds. The lowest BCUT2D eigenvalue weighted by Crippen LogP contribution is -2.10. The van der Waals surface area contributed by atoms with Crippen LogP contribution in [0.4, 0.5) is 0 Å². The number of fused-ring (bicyclic) bond motifs is 1. The Kier molecular flexibility index (Phi) is 3.59. The van der Waals surface area contributed by atoms with Gasteiger partial charge in [0.25, 0.3) is 0 Å². The van der Waals surface area contributed by atoms with Crippen LogP contribution < -0.4 is 5.73 Å². The molecular formula is C20H14N2OS. The highest BCUT2D eigenvalue weighted by atomic mass is 32.1. The molecule has 0 aliphatic rings. The van der Waals surface area contributed by atoms with Crippen molar-refractivity contribution in [1.29, 1.82) is 0 Å². The molecule has 0 bridgehead atoms. The van der Waals surface area contributed by atoms with Gasteiger partial charge in [0.15, 0.2) is 0 Å². The third-order valence-electron chi connectivity index (χ3n) is 3.94. The summed E-state index contributed by atoms with van der Waals surface area (Å²) >= 11 is 1.56. The minimum atomic E-state index is -0.428. The van der Waals surface area contributed by atoms with Gasteiger partial charge in [0.2, 0.25) is 5.91 Å². The molecule has 116 valence electrons. The average Bonchev–Trinajstić information content (AvgIpc) is 3.11. The van der Waals surface area contributed by atoms with Gasteiger partial charge < -0.3 is 5.73 Å². The molecular weight excluding hydrogens is 316 g/mol. The van der Waals surface area contributed by atoms with Crippen LogP contribution in [0.2, 0.25) is 0 Å². The second-order valence-electron chi connectivity index (χ2n) is 5.54. The fourth-order valence-corrected chi connectivity index (χ4v) is 3.52. The van der Waals surface area contributed by atoms with Gasteiger partial charge in [0, 0.05) is 22.1 Å². The molecule has 0 unspecified atom stereocenters. The van der Waals surface area contributed by atoms with Gasteiger partial charge in [-0.15, -0.1) is 11.3 Å². The summed E-state index contributed by atoms with van der Waals surface area (Å²) < 4.78 is 0. The van der Waals surface area contributed by atoms with Gasteiger partial charge >= 0.3 is 0 Å². The molecule has 2 N–H and O–H groups in total. The third-order valence-corrected chi connectivity index (χ3v) is 4.83. The molecule has 1 aromatic heterocycles. The predicted octanol–water partition coefficient (Wildman–Crippen LogP) is 4.73. The summed E-state index contributed by atoms with van der Waals surface area (Å²) in [6.07, 6.45) is 0. The summed E-state index contributed by atoms with van der Waals surface area (Å²) in [6.45, 7) is 0. The molecule has 24 heavy (non-hydrogen) atoms. The number of thiazole rings is 1. The first-order chi connectivity index (χ1) is 11.7. The van der Waals surface area contributed by atoms with Crippen LogP contribution >= 0.6 is 11.3 Å². The van der Waals surface area contributed by atoms with Crippen molar-refractivity contribution >= 4 is 28.0 Å². The second-order valence-corrected chi connectivity index (χ2v) is 6.40. The van der Waals surface area contributed by atoms with Gasteiger partial charge in [0.05, 0.1) is 5.69 Å². The van der Waals surface area contributed by atoms with E-state index < -0.39 is 5.91 Å². The van der Waals surface area contributed by atoms with Crippen LogP contribution in [0.25, 0.3) is 32.6 Å². The topological polar surface area (TPSA) is 56.0 Å². The Morgan fingerprint density at radius 2 is 1.71 bits per heavy atom. The number of nitrogens with zero attached hydrogens (tertiary/aromatic N) is 1. The molecule has 1 heterocycles. The molecule has 0 fully saturated rings. The number of carbonyl (C=O) groups is 1. The molecule has 0 saturated heterocycles. The minimum Gasteiger partial charge on any atom is -0.366 e. The van der Waals surface area contributed by atoms with Crippen LogP contribution in [0.1, 0.15) is 10.4 Å². The molecule has 4 aromatic rings. The van der Waals surface area contributed by atoms with Gasteiger partial charge in [0.1, 0.15) is 5.01 Å². The largest absolute Gasteiger partial charge is 0.366 e. The molecule has 0 aliphatic carbocycles. The molecule has 4 heteroatoms. The Morgan fingerprint density at radius 3 is 2.54 bits per heavy atom. The van der Waals surface area contributed by atoms with Crippen LogP contribution in [0.15, 0.2) is 72.1 Å². The Bertz CT molecular complexity index is 1050. The second kappa shape index (κ2) is 5.91. The summed E-state index contributed by atoms with van der Waals surface area (Å²) in [6, 6.07) is 21.9. The molecule has 3 aromatic carbocycles. The smallest absolute Gasteiger partial charge is 0.248 e. The van der Waals surface area contributed by atoms with E-state index in [2.05, 4.69) is 30.3 Å². The lowest BCUT2D eigenvalue weighted by molar-refractivity contribution is 0.100. The van der Waals surface area contributed by atoms with Gasteiger partial charge in [-0.3, -0.25) is 4.79 Å². The zero-order chi connectivity index (χ0) is 16.5. The highest BCUT2D eigenvalue weighted by Crippen LogP contribution is 2.30. The van der Waals surface area contributed by atoms with E-state index in [1.54, 1.807) is 23.5 Å². The SMILES string of the molecule is NC(=O)c1cccc(-c2nc(-c3ccc4ccccc4c3)cs2)c1. The summed E-state index contributed by atoms with van der Waals surface area (Å²) in [7, 11) is 0. The van der Waals surface area contributed by atoms with E-state index >= 15 is 0 Å². The van der Waals surface area contributed by atoms with Crippen molar-refractivity contribution in [3.8, 4) is 21.8 Å².